The van der Waals surface area contributed by atoms with Gasteiger partial charge in [0.2, 0.25) is 0 Å². The van der Waals surface area contributed by atoms with Gasteiger partial charge in [-0.25, -0.2) is 4.79 Å². The number of ether oxygens (including phenoxy) is 1. The molecule has 0 spiro atoms. The molecule has 1 atom stereocenters. The summed E-state index contributed by atoms with van der Waals surface area (Å²) in [7, 11) is 2.07. The van der Waals surface area contributed by atoms with Crippen LogP contribution in [0.2, 0.25) is 0 Å². The number of carbonyl (C=O) groups excluding carboxylic acids is 1. The number of nitrogens with zero attached hydrogens (tertiary/aromatic N) is 4. The van der Waals surface area contributed by atoms with E-state index < -0.39 is 5.60 Å². The number of piperidine rings is 1. The van der Waals surface area contributed by atoms with E-state index in [1.165, 1.54) is 11.3 Å². The first-order valence-corrected chi connectivity index (χ1v) is 10.1. The van der Waals surface area contributed by atoms with Crippen molar-refractivity contribution in [2.45, 2.75) is 65.6 Å². The summed E-state index contributed by atoms with van der Waals surface area (Å²) < 4.78 is 5.51. The fourth-order valence-corrected chi connectivity index (χ4v) is 4.05. The van der Waals surface area contributed by atoms with Crippen LogP contribution in [0.4, 0.5) is 4.79 Å². The summed E-state index contributed by atoms with van der Waals surface area (Å²) in [6.07, 6.45) is 7.41. The van der Waals surface area contributed by atoms with Crippen molar-refractivity contribution in [1.82, 2.24) is 14.7 Å². The molecular weight excluding hydrogens is 340 g/mol. The van der Waals surface area contributed by atoms with Gasteiger partial charge in [0, 0.05) is 39.1 Å². The fraction of sp³-hybridized carbons (Fsp3) is 0.714. The highest BCUT2D eigenvalue weighted by molar-refractivity contribution is 6.13. The van der Waals surface area contributed by atoms with Crippen molar-refractivity contribution in [3.63, 3.8) is 0 Å². The molecule has 0 aromatic heterocycles. The normalized spacial score (nSPS) is 23.7. The van der Waals surface area contributed by atoms with E-state index in [9.17, 15) is 4.79 Å². The molecule has 0 aliphatic carbocycles. The molecule has 3 aliphatic rings. The van der Waals surface area contributed by atoms with Crippen molar-refractivity contribution in [2.24, 2.45) is 10.9 Å². The standard InChI is InChI=1S/C21H34N4O2/c1-7-18-22-19-15(2)12-23(6)14-17(19)25(18)13-16-8-10-24(11-9-16)20(26)27-21(3,4)5/h12,14,16,18H,7-11,13H2,1-6H3. The molecule has 1 amide bonds. The average molecular weight is 375 g/mol. The Morgan fingerprint density at radius 3 is 2.52 bits per heavy atom. The van der Waals surface area contributed by atoms with Crippen LogP contribution >= 0.6 is 0 Å². The van der Waals surface area contributed by atoms with E-state index in [-0.39, 0.29) is 12.3 Å². The van der Waals surface area contributed by atoms with Crippen LogP contribution in [0.15, 0.2) is 28.7 Å². The van der Waals surface area contributed by atoms with Crippen LogP contribution in [-0.4, -0.2) is 65.0 Å². The van der Waals surface area contributed by atoms with E-state index in [0.29, 0.717) is 5.92 Å². The number of hydrogen-bond acceptors (Lipinski definition) is 5. The Hall–Kier alpha value is -1.98. The average Bonchev–Trinajstić information content (AvgIpc) is 2.92. The van der Waals surface area contributed by atoms with E-state index in [2.05, 4.69) is 43.1 Å². The fourth-order valence-electron chi connectivity index (χ4n) is 4.05. The second kappa shape index (κ2) is 7.56. The van der Waals surface area contributed by atoms with E-state index in [4.69, 9.17) is 9.73 Å². The zero-order valence-corrected chi connectivity index (χ0v) is 17.7. The zero-order valence-electron chi connectivity index (χ0n) is 17.7. The molecule has 1 fully saturated rings. The molecule has 0 saturated carbocycles. The predicted molar refractivity (Wildman–Crippen MR) is 108 cm³/mol. The van der Waals surface area contributed by atoms with Gasteiger partial charge in [-0.15, -0.1) is 0 Å². The van der Waals surface area contributed by atoms with Crippen LogP contribution in [0.25, 0.3) is 0 Å². The summed E-state index contributed by atoms with van der Waals surface area (Å²) in [4.78, 5) is 23.7. The lowest BCUT2D eigenvalue weighted by Crippen LogP contribution is -2.44. The highest BCUT2D eigenvalue weighted by Gasteiger charge is 2.35. The van der Waals surface area contributed by atoms with Gasteiger partial charge in [0.05, 0.1) is 11.4 Å². The molecule has 6 heteroatoms. The second-order valence-corrected chi connectivity index (χ2v) is 8.92. The predicted octanol–water partition coefficient (Wildman–Crippen LogP) is 3.82. The van der Waals surface area contributed by atoms with Crippen LogP contribution < -0.4 is 0 Å². The second-order valence-electron chi connectivity index (χ2n) is 8.92. The molecule has 0 aromatic rings. The maximum Gasteiger partial charge on any atom is 0.410 e. The van der Waals surface area contributed by atoms with Gasteiger partial charge >= 0.3 is 6.09 Å². The van der Waals surface area contributed by atoms with Crippen molar-refractivity contribution in [2.75, 3.05) is 26.7 Å². The number of fused-ring (bicyclic) bond motifs is 1. The SMILES string of the molecule is CCC1N=C2C(C)=CN(C)C=C2N1CC1CCN(C(=O)OC(C)(C)C)CC1. The maximum absolute atomic E-state index is 12.3. The topological polar surface area (TPSA) is 48.4 Å². The van der Waals surface area contributed by atoms with Crippen LogP contribution in [0.5, 0.6) is 0 Å². The first-order valence-electron chi connectivity index (χ1n) is 10.1. The summed E-state index contributed by atoms with van der Waals surface area (Å²) in [5.74, 6) is 0.574. The van der Waals surface area contributed by atoms with E-state index in [1.807, 2.05) is 25.7 Å². The minimum atomic E-state index is -0.434. The minimum absolute atomic E-state index is 0.184. The maximum atomic E-state index is 12.3. The lowest BCUT2D eigenvalue weighted by Gasteiger charge is -2.37. The van der Waals surface area contributed by atoms with Crippen LogP contribution in [-0.2, 0) is 4.74 Å². The van der Waals surface area contributed by atoms with Crippen molar-refractivity contribution in [3.8, 4) is 0 Å². The highest BCUT2D eigenvalue weighted by Crippen LogP contribution is 2.32. The number of carbonyl (C=O) groups is 1. The van der Waals surface area contributed by atoms with Gasteiger partial charge in [-0.2, -0.15) is 0 Å². The molecule has 0 radical (unpaired) electrons. The molecule has 0 aromatic carbocycles. The smallest absolute Gasteiger partial charge is 0.410 e. The Morgan fingerprint density at radius 1 is 1.26 bits per heavy atom. The Balaban J connectivity index is 1.60. The molecule has 27 heavy (non-hydrogen) atoms. The van der Waals surface area contributed by atoms with Gasteiger partial charge in [0.25, 0.3) is 0 Å². The van der Waals surface area contributed by atoms with E-state index in [1.54, 1.807) is 0 Å². The Bertz CT molecular complexity index is 666. The minimum Gasteiger partial charge on any atom is -0.444 e. The largest absolute Gasteiger partial charge is 0.444 e. The quantitative estimate of drug-likeness (QED) is 0.754. The number of amides is 1. The number of likely N-dealkylation sites (tertiary alicyclic amines) is 1. The molecule has 150 valence electrons. The van der Waals surface area contributed by atoms with Gasteiger partial charge in [-0.1, -0.05) is 6.92 Å². The lowest BCUT2D eigenvalue weighted by atomic mass is 9.95. The third-order valence-electron chi connectivity index (χ3n) is 5.37. The van der Waals surface area contributed by atoms with Gasteiger partial charge in [-0.05, 0) is 58.4 Å². The number of allylic oxidation sites excluding steroid dienone is 1. The zero-order chi connectivity index (χ0) is 19.8. The third-order valence-corrected chi connectivity index (χ3v) is 5.37. The molecule has 1 saturated heterocycles. The summed E-state index contributed by atoms with van der Waals surface area (Å²) in [5, 5.41) is 0. The summed E-state index contributed by atoms with van der Waals surface area (Å²) in [6.45, 7) is 12.6. The molecule has 3 rings (SSSR count). The third kappa shape index (κ3) is 4.47. The summed E-state index contributed by atoms with van der Waals surface area (Å²) >= 11 is 0. The first kappa shape index (κ1) is 19.8. The molecule has 0 N–H and O–H groups in total. The van der Waals surface area contributed by atoms with E-state index >= 15 is 0 Å². The summed E-state index contributed by atoms with van der Waals surface area (Å²) in [6, 6.07) is 0. The molecule has 3 heterocycles. The highest BCUT2D eigenvalue weighted by atomic mass is 16.6. The van der Waals surface area contributed by atoms with Crippen LogP contribution in [0.1, 0.15) is 53.9 Å². The Labute approximate surface area is 163 Å². The first-order chi connectivity index (χ1) is 12.7. The molecule has 3 aliphatic heterocycles. The van der Waals surface area contributed by atoms with Crippen molar-refractivity contribution < 1.29 is 9.53 Å². The lowest BCUT2D eigenvalue weighted by molar-refractivity contribution is 0.0171. The van der Waals surface area contributed by atoms with Gasteiger partial charge in [0.1, 0.15) is 11.8 Å². The monoisotopic (exact) mass is 374 g/mol. The van der Waals surface area contributed by atoms with Gasteiger partial charge in [0.15, 0.2) is 0 Å². The molecule has 0 bridgehead atoms. The number of rotatable bonds is 3. The van der Waals surface area contributed by atoms with Gasteiger partial charge < -0.3 is 19.4 Å². The molecule has 1 unspecified atom stereocenters. The molecule has 6 nitrogen and oxygen atoms in total. The number of aliphatic imine (C=N–C) groups is 1. The summed E-state index contributed by atoms with van der Waals surface area (Å²) in [5.41, 5.74) is 3.19. The Morgan fingerprint density at radius 2 is 1.93 bits per heavy atom. The number of hydrogen-bond donors (Lipinski definition) is 0. The van der Waals surface area contributed by atoms with Gasteiger partial charge in [-0.3, -0.25) is 4.99 Å². The van der Waals surface area contributed by atoms with E-state index in [0.717, 1.165) is 44.6 Å². The van der Waals surface area contributed by atoms with Crippen molar-refractivity contribution in [1.29, 1.82) is 0 Å². The van der Waals surface area contributed by atoms with Crippen LogP contribution in [0.3, 0.4) is 0 Å². The van der Waals surface area contributed by atoms with Crippen molar-refractivity contribution >= 4 is 11.8 Å². The molecular formula is C21H34N4O2. The van der Waals surface area contributed by atoms with Crippen molar-refractivity contribution in [3.05, 3.63) is 23.7 Å². The Kier molecular flexibility index (Phi) is 5.54. The van der Waals surface area contributed by atoms with Crippen LogP contribution in [0, 0.1) is 5.92 Å².